The number of halogens is 12. The van der Waals surface area contributed by atoms with Crippen LogP contribution in [0.5, 0.6) is 0 Å². The van der Waals surface area contributed by atoms with Gasteiger partial charge < -0.3 is 0 Å². The fourth-order valence-corrected chi connectivity index (χ4v) is 2.90. The van der Waals surface area contributed by atoms with Gasteiger partial charge in [-0.05, 0) is 50.2 Å². The molecule has 0 aromatic heterocycles. The second kappa shape index (κ2) is 9.53. The van der Waals surface area contributed by atoms with Crippen molar-refractivity contribution in [3.05, 3.63) is 58.7 Å². The van der Waals surface area contributed by atoms with Crippen molar-refractivity contribution in [3.8, 4) is 0 Å². The smallest absolute Gasteiger partial charge is 0.258 e. The van der Waals surface area contributed by atoms with Gasteiger partial charge in [-0.1, -0.05) is 0 Å². The van der Waals surface area contributed by atoms with Crippen LogP contribution < -0.4 is 0 Å². The van der Waals surface area contributed by atoms with E-state index in [4.69, 9.17) is 0 Å². The van der Waals surface area contributed by atoms with Crippen molar-refractivity contribution in [1.29, 1.82) is 0 Å². The molecule has 2 nitrogen and oxygen atoms in total. The lowest BCUT2D eigenvalue weighted by Gasteiger charge is -2.13. The third kappa shape index (κ3) is 7.99. The van der Waals surface area contributed by atoms with E-state index in [1.54, 1.807) is 0 Å². The maximum atomic E-state index is 13.0. The molecule has 0 saturated carbocycles. The van der Waals surface area contributed by atoms with Gasteiger partial charge in [0.2, 0.25) is 0 Å². The molecule has 0 saturated heterocycles. The summed E-state index contributed by atoms with van der Waals surface area (Å²) < 4.78 is 156. The van der Waals surface area contributed by atoms with Gasteiger partial charge in [0.1, 0.15) is 0 Å². The minimum Gasteiger partial charge on any atom is -0.258 e. The number of alkyl halides is 12. The van der Waals surface area contributed by atoms with Crippen molar-refractivity contribution >= 4 is 22.8 Å². The molecule has 2 rings (SSSR count). The first-order valence-electron chi connectivity index (χ1n) is 9.33. The van der Waals surface area contributed by atoms with E-state index in [0.29, 0.717) is 24.3 Å². The fourth-order valence-electron chi connectivity index (χ4n) is 2.90. The van der Waals surface area contributed by atoms with Crippen molar-refractivity contribution < 1.29 is 52.7 Å². The van der Waals surface area contributed by atoms with E-state index in [1.807, 2.05) is 0 Å². The molecule has 0 spiro atoms. The van der Waals surface area contributed by atoms with Gasteiger partial charge >= 0.3 is 24.7 Å². The van der Waals surface area contributed by atoms with Crippen molar-refractivity contribution in [1.82, 2.24) is 0 Å². The van der Waals surface area contributed by atoms with E-state index in [0.717, 1.165) is 0 Å². The van der Waals surface area contributed by atoms with E-state index in [-0.39, 0.29) is 30.0 Å². The van der Waals surface area contributed by atoms with Gasteiger partial charge in [0, 0.05) is 17.8 Å². The molecule has 0 aliphatic carbocycles. The van der Waals surface area contributed by atoms with Gasteiger partial charge in [-0.15, -0.1) is 0 Å². The van der Waals surface area contributed by atoms with Crippen molar-refractivity contribution in [2.45, 2.75) is 45.0 Å². The number of hydrogen-bond acceptors (Lipinski definition) is 2. The highest BCUT2D eigenvalue weighted by molar-refractivity contribution is 6.04. The Hall–Kier alpha value is -3.06. The van der Waals surface area contributed by atoms with Crippen LogP contribution in [0.15, 0.2) is 46.4 Å². The van der Waals surface area contributed by atoms with Gasteiger partial charge in [0.25, 0.3) is 0 Å². The van der Waals surface area contributed by atoms with E-state index >= 15 is 0 Å². The van der Waals surface area contributed by atoms with Crippen molar-refractivity contribution in [2.24, 2.45) is 9.98 Å². The Labute approximate surface area is 190 Å². The third-order valence-electron chi connectivity index (χ3n) is 4.30. The summed E-state index contributed by atoms with van der Waals surface area (Å²) >= 11 is 0. The van der Waals surface area contributed by atoms with Gasteiger partial charge in [0.05, 0.1) is 33.6 Å². The lowest BCUT2D eigenvalue weighted by Crippen LogP contribution is -2.11. The van der Waals surface area contributed by atoms with Crippen molar-refractivity contribution in [2.75, 3.05) is 0 Å². The molecule has 192 valence electrons. The van der Waals surface area contributed by atoms with Crippen LogP contribution >= 0.6 is 0 Å². The normalized spacial score (nSPS) is 14.5. The Kier molecular flexibility index (Phi) is 7.67. The summed E-state index contributed by atoms with van der Waals surface area (Å²) in [4.78, 5) is 7.36. The summed E-state index contributed by atoms with van der Waals surface area (Å²) in [6.45, 7) is 2.39. The average Bonchev–Trinajstić information content (AvgIpc) is 2.64. The van der Waals surface area contributed by atoms with Crippen LogP contribution in [0, 0.1) is 0 Å². The van der Waals surface area contributed by atoms with E-state index in [9.17, 15) is 52.7 Å². The first kappa shape index (κ1) is 28.2. The second-order valence-corrected chi connectivity index (χ2v) is 7.40. The monoisotopic (exact) mass is 522 g/mol. The molecule has 35 heavy (non-hydrogen) atoms. The molecule has 0 aliphatic rings. The number of nitrogens with zero attached hydrogens (tertiary/aromatic N) is 2. The summed E-state index contributed by atoms with van der Waals surface area (Å²) in [5.74, 6) is 0. The predicted molar refractivity (Wildman–Crippen MR) is 103 cm³/mol. The highest BCUT2D eigenvalue weighted by atomic mass is 19.4. The summed E-state index contributed by atoms with van der Waals surface area (Å²) in [6, 6.07) is 1.29. The molecule has 0 heterocycles. The SMILES string of the molecule is CC(CC(C)=Nc1cc(C(F)(F)F)cc(C(F)(F)F)c1)=Nc1cc(C(F)(F)F)cc(C(F)(F)F)c1. The summed E-state index contributed by atoms with van der Waals surface area (Å²) in [5, 5.41) is 0. The molecule has 0 N–H and O–H groups in total. The number of rotatable bonds is 4. The second-order valence-electron chi connectivity index (χ2n) is 7.40. The highest BCUT2D eigenvalue weighted by Crippen LogP contribution is 2.39. The van der Waals surface area contributed by atoms with Crippen molar-refractivity contribution in [3.63, 3.8) is 0 Å². The molecular formula is C21H14F12N2. The zero-order valence-electron chi connectivity index (χ0n) is 17.6. The fraction of sp³-hybridized carbons (Fsp3) is 0.333. The topological polar surface area (TPSA) is 24.7 Å². The first-order valence-corrected chi connectivity index (χ1v) is 9.33. The Morgan fingerprint density at radius 2 is 0.714 bits per heavy atom. The molecule has 0 fully saturated rings. The molecule has 0 atom stereocenters. The summed E-state index contributed by atoms with van der Waals surface area (Å²) in [7, 11) is 0. The first-order chi connectivity index (χ1) is 15.7. The molecule has 14 heteroatoms. The quantitative estimate of drug-likeness (QED) is 0.283. The molecular weight excluding hydrogens is 508 g/mol. The Balaban J connectivity index is 2.43. The maximum Gasteiger partial charge on any atom is 0.416 e. The van der Waals surface area contributed by atoms with Crippen LogP contribution in [-0.2, 0) is 24.7 Å². The molecule has 0 aliphatic heterocycles. The van der Waals surface area contributed by atoms with Gasteiger partial charge in [-0.3, -0.25) is 9.98 Å². The molecule has 0 amide bonds. The van der Waals surface area contributed by atoms with Gasteiger partial charge in [0.15, 0.2) is 0 Å². The Morgan fingerprint density at radius 1 is 0.486 bits per heavy atom. The standard InChI is InChI=1S/C21H14F12N2/c1-10(34-16-6-12(18(22,23)24)4-13(7-16)19(25,26)27)3-11(2)35-17-8-14(20(28,29)30)5-15(9-17)21(31,32)33/h4-9H,3H2,1-2H3. The number of hydrogen-bond donors (Lipinski definition) is 0. The van der Waals surface area contributed by atoms with E-state index in [1.165, 1.54) is 13.8 Å². The Morgan fingerprint density at radius 3 is 0.914 bits per heavy atom. The molecule has 0 bridgehead atoms. The van der Waals surface area contributed by atoms with Crippen LogP contribution in [0.2, 0.25) is 0 Å². The minimum absolute atomic E-state index is 0.0903. The largest absolute Gasteiger partial charge is 0.416 e. The van der Waals surface area contributed by atoms with Crippen LogP contribution in [0.4, 0.5) is 64.1 Å². The highest BCUT2D eigenvalue weighted by Gasteiger charge is 2.38. The van der Waals surface area contributed by atoms with Gasteiger partial charge in [-0.2, -0.15) is 52.7 Å². The summed E-state index contributed by atoms with van der Waals surface area (Å²) in [5.41, 5.74) is -8.00. The predicted octanol–water partition coefficient (Wildman–Crippen LogP) is 9.04. The lowest BCUT2D eigenvalue weighted by atomic mass is 10.1. The van der Waals surface area contributed by atoms with E-state index < -0.39 is 58.3 Å². The Bertz CT molecular complexity index is 979. The van der Waals surface area contributed by atoms with Gasteiger partial charge in [-0.25, -0.2) is 0 Å². The molecule has 2 aromatic carbocycles. The zero-order valence-corrected chi connectivity index (χ0v) is 17.6. The summed E-state index contributed by atoms with van der Waals surface area (Å²) in [6.07, 6.45) is -20.8. The minimum atomic E-state index is -5.10. The lowest BCUT2D eigenvalue weighted by molar-refractivity contribution is -0.144. The number of aliphatic imine (C=N–C) groups is 2. The van der Waals surface area contributed by atoms with Crippen LogP contribution in [0.25, 0.3) is 0 Å². The van der Waals surface area contributed by atoms with Crippen LogP contribution in [0.1, 0.15) is 42.5 Å². The molecule has 0 radical (unpaired) electrons. The maximum absolute atomic E-state index is 13.0. The third-order valence-corrected chi connectivity index (χ3v) is 4.30. The number of benzene rings is 2. The zero-order chi connectivity index (χ0) is 27.0. The molecule has 0 unspecified atom stereocenters. The van der Waals surface area contributed by atoms with E-state index in [2.05, 4.69) is 9.98 Å². The van der Waals surface area contributed by atoms with Crippen LogP contribution in [0.3, 0.4) is 0 Å². The average molecular weight is 522 g/mol. The van der Waals surface area contributed by atoms with Crippen LogP contribution in [-0.4, -0.2) is 11.4 Å². The molecule has 2 aromatic rings.